The molecule has 19 heavy (non-hydrogen) atoms. The summed E-state index contributed by atoms with van der Waals surface area (Å²) in [5.74, 6) is 0.953. The fourth-order valence-electron chi connectivity index (χ4n) is 2.62. The van der Waals surface area contributed by atoms with Crippen LogP contribution in [-0.4, -0.2) is 6.04 Å². The molecular weight excluding hydrogens is 232 g/mol. The van der Waals surface area contributed by atoms with Gasteiger partial charge in [0.25, 0.3) is 0 Å². The average molecular weight is 248 g/mol. The lowest BCUT2D eigenvalue weighted by Gasteiger charge is -2.12. The van der Waals surface area contributed by atoms with E-state index in [9.17, 15) is 5.26 Å². The molecule has 0 saturated heterocycles. The van der Waals surface area contributed by atoms with Crippen molar-refractivity contribution in [1.29, 1.82) is 5.26 Å². The van der Waals surface area contributed by atoms with Gasteiger partial charge in [-0.3, -0.25) is 0 Å². The number of nitrogens with one attached hydrogen (secondary N) is 1. The van der Waals surface area contributed by atoms with Crippen LogP contribution >= 0.6 is 0 Å². The van der Waals surface area contributed by atoms with Crippen molar-refractivity contribution in [3.8, 4) is 6.07 Å². The molecule has 0 spiro atoms. The highest BCUT2D eigenvalue weighted by Crippen LogP contribution is 2.49. The highest BCUT2D eigenvalue weighted by Gasteiger charge is 2.44. The van der Waals surface area contributed by atoms with Crippen LogP contribution in [0.5, 0.6) is 0 Å². The van der Waals surface area contributed by atoms with Crippen LogP contribution in [-0.2, 0) is 0 Å². The number of para-hydroxylation sites is 1. The molecule has 2 nitrogen and oxygen atoms in total. The maximum Gasteiger partial charge on any atom is 0.117 e. The summed E-state index contributed by atoms with van der Waals surface area (Å²) in [6.45, 7) is 0. The standard InChI is InChI=1S/C17H16N2/c18-12-17(19-14-9-5-2-6-10-14)16-11-15(16)13-7-3-1-4-8-13/h1-10,15-17,19H,11H2/t15-,16+,17+/m0/s1. The van der Waals surface area contributed by atoms with Crippen molar-refractivity contribution in [2.75, 3.05) is 5.32 Å². The van der Waals surface area contributed by atoms with Gasteiger partial charge in [0.15, 0.2) is 0 Å². The van der Waals surface area contributed by atoms with E-state index in [1.165, 1.54) is 5.56 Å². The summed E-state index contributed by atoms with van der Waals surface area (Å²) in [4.78, 5) is 0. The molecule has 1 N–H and O–H groups in total. The molecule has 3 atom stereocenters. The summed E-state index contributed by atoms with van der Waals surface area (Å²) in [5.41, 5.74) is 2.37. The smallest absolute Gasteiger partial charge is 0.117 e. The van der Waals surface area contributed by atoms with Gasteiger partial charge in [-0.15, -0.1) is 0 Å². The molecule has 0 radical (unpaired) electrons. The minimum atomic E-state index is -0.104. The summed E-state index contributed by atoms with van der Waals surface area (Å²) in [7, 11) is 0. The first-order chi connectivity index (χ1) is 9.38. The molecule has 0 amide bonds. The minimum absolute atomic E-state index is 0.104. The maximum atomic E-state index is 9.35. The third kappa shape index (κ3) is 2.61. The first-order valence-corrected chi connectivity index (χ1v) is 6.64. The van der Waals surface area contributed by atoms with Crippen molar-refractivity contribution in [2.24, 2.45) is 5.92 Å². The van der Waals surface area contributed by atoms with E-state index in [0.717, 1.165) is 12.1 Å². The predicted octanol–water partition coefficient (Wildman–Crippen LogP) is 3.79. The molecule has 1 aliphatic carbocycles. The molecule has 94 valence electrons. The van der Waals surface area contributed by atoms with E-state index < -0.39 is 0 Å². The van der Waals surface area contributed by atoms with Crippen LogP contribution in [0.15, 0.2) is 60.7 Å². The Morgan fingerprint density at radius 1 is 1.00 bits per heavy atom. The Bertz CT molecular complexity index is 571. The first-order valence-electron chi connectivity index (χ1n) is 6.64. The topological polar surface area (TPSA) is 35.8 Å². The van der Waals surface area contributed by atoms with Crippen molar-refractivity contribution in [3.63, 3.8) is 0 Å². The second-order valence-corrected chi connectivity index (χ2v) is 5.03. The summed E-state index contributed by atoms with van der Waals surface area (Å²) in [6, 6.07) is 22.7. The number of hydrogen-bond acceptors (Lipinski definition) is 2. The third-order valence-corrected chi connectivity index (χ3v) is 3.73. The zero-order valence-corrected chi connectivity index (χ0v) is 10.7. The number of anilines is 1. The van der Waals surface area contributed by atoms with E-state index in [1.807, 2.05) is 36.4 Å². The number of nitrogens with zero attached hydrogens (tertiary/aromatic N) is 1. The van der Waals surface area contributed by atoms with Crippen LogP contribution in [0.1, 0.15) is 17.9 Å². The van der Waals surface area contributed by atoms with Gasteiger partial charge in [-0.25, -0.2) is 0 Å². The number of benzene rings is 2. The molecule has 0 bridgehead atoms. The largest absolute Gasteiger partial charge is 0.370 e. The van der Waals surface area contributed by atoms with Gasteiger partial charge >= 0.3 is 0 Å². The minimum Gasteiger partial charge on any atom is -0.370 e. The average Bonchev–Trinajstić information content (AvgIpc) is 3.27. The van der Waals surface area contributed by atoms with E-state index in [1.54, 1.807) is 0 Å². The number of hydrogen-bond donors (Lipinski definition) is 1. The highest BCUT2D eigenvalue weighted by atomic mass is 14.9. The summed E-state index contributed by atoms with van der Waals surface area (Å²) >= 11 is 0. The summed E-state index contributed by atoms with van der Waals surface area (Å²) < 4.78 is 0. The van der Waals surface area contributed by atoms with Crippen LogP contribution in [0.4, 0.5) is 5.69 Å². The van der Waals surface area contributed by atoms with Crippen molar-refractivity contribution in [2.45, 2.75) is 18.4 Å². The van der Waals surface area contributed by atoms with Gasteiger partial charge in [-0.2, -0.15) is 5.26 Å². The Labute approximate surface area is 113 Å². The quantitative estimate of drug-likeness (QED) is 0.893. The van der Waals surface area contributed by atoms with Crippen molar-refractivity contribution < 1.29 is 0 Å². The molecule has 0 aromatic heterocycles. The van der Waals surface area contributed by atoms with Gasteiger partial charge in [0.1, 0.15) is 6.04 Å². The van der Waals surface area contributed by atoms with Gasteiger partial charge in [0.05, 0.1) is 6.07 Å². The molecule has 1 fully saturated rings. The van der Waals surface area contributed by atoms with E-state index in [-0.39, 0.29) is 6.04 Å². The molecule has 3 rings (SSSR count). The van der Waals surface area contributed by atoms with Crippen molar-refractivity contribution in [3.05, 3.63) is 66.2 Å². The molecule has 2 aromatic carbocycles. The maximum absolute atomic E-state index is 9.35. The van der Waals surface area contributed by atoms with Crippen LogP contribution in [0, 0.1) is 17.2 Å². The van der Waals surface area contributed by atoms with Crippen molar-refractivity contribution in [1.82, 2.24) is 0 Å². The van der Waals surface area contributed by atoms with E-state index in [2.05, 4.69) is 35.7 Å². The Morgan fingerprint density at radius 3 is 2.26 bits per heavy atom. The van der Waals surface area contributed by atoms with E-state index in [4.69, 9.17) is 0 Å². The van der Waals surface area contributed by atoms with E-state index in [0.29, 0.717) is 11.8 Å². The van der Waals surface area contributed by atoms with Gasteiger partial charge in [0.2, 0.25) is 0 Å². The van der Waals surface area contributed by atoms with Crippen LogP contribution in [0.2, 0.25) is 0 Å². The van der Waals surface area contributed by atoms with Gasteiger partial charge < -0.3 is 5.32 Å². The molecule has 1 aliphatic rings. The predicted molar refractivity (Wildman–Crippen MR) is 76.8 cm³/mol. The number of nitriles is 1. The number of rotatable bonds is 4. The molecule has 0 unspecified atom stereocenters. The normalized spacial score (nSPS) is 22.3. The lowest BCUT2D eigenvalue weighted by molar-refractivity contribution is 0.739. The molecule has 0 aliphatic heterocycles. The molecular formula is C17H16N2. The second-order valence-electron chi connectivity index (χ2n) is 5.03. The zero-order chi connectivity index (χ0) is 13.1. The highest BCUT2D eigenvalue weighted by molar-refractivity contribution is 5.46. The Hall–Kier alpha value is -2.27. The van der Waals surface area contributed by atoms with Crippen LogP contribution in [0.25, 0.3) is 0 Å². The van der Waals surface area contributed by atoms with Crippen molar-refractivity contribution >= 4 is 5.69 Å². The molecule has 2 aromatic rings. The molecule has 2 heteroatoms. The summed E-state index contributed by atoms with van der Waals surface area (Å²) in [5, 5.41) is 12.7. The molecule has 1 saturated carbocycles. The van der Waals surface area contributed by atoms with Gasteiger partial charge in [-0.1, -0.05) is 48.5 Å². The third-order valence-electron chi connectivity index (χ3n) is 3.73. The fourth-order valence-corrected chi connectivity index (χ4v) is 2.62. The fraction of sp³-hybridized carbons (Fsp3) is 0.235. The monoisotopic (exact) mass is 248 g/mol. The first kappa shape index (κ1) is 11.8. The summed E-state index contributed by atoms with van der Waals surface area (Å²) in [6.07, 6.45) is 1.10. The molecule has 0 heterocycles. The van der Waals surface area contributed by atoms with Gasteiger partial charge in [-0.05, 0) is 36.0 Å². The van der Waals surface area contributed by atoms with Crippen LogP contribution < -0.4 is 5.32 Å². The lowest BCUT2D eigenvalue weighted by atomic mass is 10.1. The SMILES string of the molecule is N#C[C@@H](Nc1ccccc1)[C@@H]1C[C@H]1c1ccccc1. The Kier molecular flexibility index (Phi) is 3.20. The second kappa shape index (κ2) is 5.16. The Morgan fingerprint density at radius 2 is 1.63 bits per heavy atom. The Balaban J connectivity index is 1.68. The lowest BCUT2D eigenvalue weighted by Crippen LogP contribution is -2.20. The van der Waals surface area contributed by atoms with E-state index >= 15 is 0 Å². The van der Waals surface area contributed by atoms with Crippen LogP contribution in [0.3, 0.4) is 0 Å². The van der Waals surface area contributed by atoms with Gasteiger partial charge in [0, 0.05) is 5.69 Å². The zero-order valence-electron chi connectivity index (χ0n) is 10.7.